The standard InChI is InChI=1S/C12H13BrN2O3/c1-3-6-15(2)12(18)14-10-7-8(13)4-5-9(10)11(16)17/h3-5,7H,1,6H2,2H3,(H,14,18)(H,16,17). The highest BCUT2D eigenvalue weighted by atomic mass is 79.9. The van der Waals surface area contributed by atoms with Crippen LogP contribution in [0.1, 0.15) is 10.4 Å². The molecular weight excluding hydrogens is 300 g/mol. The molecule has 0 aliphatic carbocycles. The van der Waals surface area contributed by atoms with Crippen LogP contribution in [0.4, 0.5) is 10.5 Å². The molecule has 0 aromatic heterocycles. The molecule has 0 saturated heterocycles. The van der Waals surface area contributed by atoms with E-state index < -0.39 is 12.0 Å². The van der Waals surface area contributed by atoms with E-state index in [1.165, 1.54) is 11.0 Å². The molecule has 2 N–H and O–H groups in total. The molecule has 0 aliphatic rings. The van der Waals surface area contributed by atoms with E-state index in [0.29, 0.717) is 11.0 Å². The number of benzene rings is 1. The fourth-order valence-corrected chi connectivity index (χ4v) is 1.65. The second-order valence-electron chi connectivity index (χ2n) is 3.59. The molecule has 0 radical (unpaired) electrons. The molecule has 5 nitrogen and oxygen atoms in total. The van der Waals surface area contributed by atoms with Crippen LogP contribution in [0.5, 0.6) is 0 Å². The van der Waals surface area contributed by atoms with Crippen molar-refractivity contribution >= 4 is 33.6 Å². The van der Waals surface area contributed by atoms with Gasteiger partial charge in [-0.15, -0.1) is 6.58 Å². The first kappa shape index (κ1) is 14.2. The van der Waals surface area contributed by atoms with Crippen LogP contribution in [0.2, 0.25) is 0 Å². The number of amides is 2. The molecule has 6 heteroatoms. The molecule has 96 valence electrons. The summed E-state index contributed by atoms with van der Waals surface area (Å²) in [5.41, 5.74) is 0.288. The third kappa shape index (κ3) is 3.59. The van der Waals surface area contributed by atoms with Gasteiger partial charge >= 0.3 is 12.0 Å². The lowest BCUT2D eigenvalue weighted by atomic mass is 10.2. The number of carboxylic acid groups (broad SMARTS) is 1. The highest BCUT2D eigenvalue weighted by molar-refractivity contribution is 9.10. The van der Waals surface area contributed by atoms with Crippen molar-refractivity contribution in [1.29, 1.82) is 0 Å². The minimum Gasteiger partial charge on any atom is -0.478 e. The van der Waals surface area contributed by atoms with Gasteiger partial charge in [0.05, 0.1) is 11.3 Å². The van der Waals surface area contributed by atoms with Crippen molar-refractivity contribution in [3.8, 4) is 0 Å². The maximum Gasteiger partial charge on any atom is 0.337 e. The van der Waals surface area contributed by atoms with E-state index >= 15 is 0 Å². The minimum absolute atomic E-state index is 0.0403. The highest BCUT2D eigenvalue weighted by Crippen LogP contribution is 2.21. The Morgan fingerprint density at radius 1 is 1.56 bits per heavy atom. The number of nitrogens with one attached hydrogen (secondary N) is 1. The number of halogens is 1. The second-order valence-corrected chi connectivity index (χ2v) is 4.51. The van der Waals surface area contributed by atoms with Gasteiger partial charge in [-0.05, 0) is 18.2 Å². The SMILES string of the molecule is C=CCN(C)C(=O)Nc1cc(Br)ccc1C(=O)O. The van der Waals surface area contributed by atoms with E-state index in [0.717, 1.165) is 0 Å². The van der Waals surface area contributed by atoms with Crippen molar-refractivity contribution in [1.82, 2.24) is 4.90 Å². The van der Waals surface area contributed by atoms with Crippen molar-refractivity contribution in [2.75, 3.05) is 18.9 Å². The zero-order valence-corrected chi connectivity index (χ0v) is 11.4. The summed E-state index contributed by atoms with van der Waals surface area (Å²) in [7, 11) is 1.59. The first-order chi connectivity index (χ1) is 8.45. The Balaban J connectivity index is 2.95. The number of carbonyl (C=O) groups excluding carboxylic acids is 1. The van der Waals surface area contributed by atoms with E-state index in [2.05, 4.69) is 27.8 Å². The van der Waals surface area contributed by atoms with E-state index in [-0.39, 0.29) is 11.3 Å². The lowest BCUT2D eigenvalue weighted by Gasteiger charge is -2.17. The summed E-state index contributed by atoms with van der Waals surface area (Å²) < 4.78 is 0.689. The molecule has 0 bridgehead atoms. The van der Waals surface area contributed by atoms with Crippen LogP contribution in [0.15, 0.2) is 35.3 Å². The predicted octanol–water partition coefficient (Wildman–Crippen LogP) is 2.80. The van der Waals surface area contributed by atoms with E-state index in [1.807, 2.05) is 0 Å². The predicted molar refractivity (Wildman–Crippen MR) is 72.9 cm³/mol. The molecule has 1 rings (SSSR count). The Morgan fingerprint density at radius 3 is 2.78 bits per heavy atom. The molecule has 0 fully saturated rings. The van der Waals surface area contributed by atoms with Crippen LogP contribution in [0, 0.1) is 0 Å². The third-order valence-corrected chi connectivity index (χ3v) is 2.70. The molecule has 0 unspecified atom stereocenters. The first-order valence-electron chi connectivity index (χ1n) is 5.11. The zero-order chi connectivity index (χ0) is 13.7. The van der Waals surface area contributed by atoms with Crippen LogP contribution in [0.3, 0.4) is 0 Å². The first-order valence-corrected chi connectivity index (χ1v) is 5.91. The summed E-state index contributed by atoms with van der Waals surface area (Å²) in [6.45, 7) is 3.90. The monoisotopic (exact) mass is 312 g/mol. The topological polar surface area (TPSA) is 69.6 Å². The van der Waals surface area contributed by atoms with Crippen molar-refractivity contribution in [2.24, 2.45) is 0 Å². The number of nitrogens with zero attached hydrogens (tertiary/aromatic N) is 1. The smallest absolute Gasteiger partial charge is 0.337 e. The number of aromatic carboxylic acids is 1. The molecule has 0 spiro atoms. The molecule has 18 heavy (non-hydrogen) atoms. The van der Waals surface area contributed by atoms with Crippen LogP contribution >= 0.6 is 15.9 Å². The number of hydrogen-bond acceptors (Lipinski definition) is 2. The summed E-state index contributed by atoms with van der Waals surface area (Å²) in [5, 5.41) is 11.6. The maximum atomic E-state index is 11.7. The molecule has 0 saturated carbocycles. The average Bonchev–Trinajstić information content (AvgIpc) is 2.28. The fourth-order valence-electron chi connectivity index (χ4n) is 1.29. The van der Waals surface area contributed by atoms with Gasteiger partial charge in [-0.25, -0.2) is 9.59 Å². The Bertz CT molecular complexity index is 488. The molecule has 0 heterocycles. The quantitative estimate of drug-likeness (QED) is 0.840. The number of carbonyl (C=O) groups is 2. The summed E-state index contributed by atoms with van der Waals surface area (Å²) in [6.07, 6.45) is 1.58. The summed E-state index contributed by atoms with van der Waals surface area (Å²) >= 11 is 3.23. The molecule has 0 aliphatic heterocycles. The van der Waals surface area contributed by atoms with E-state index in [4.69, 9.17) is 5.11 Å². The van der Waals surface area contributed by atoms with Gasteiger partial charge in [-0.1, -0.05) is 22.0 Å². The van der Waals surface area contributed by atoms with Gasteiger partial charge in [0.25, 0.3) is 0 Å². The number of hydrogen-bond donors (Lipinski definition) is 2. The Labute approximate surface area is 113 Å². The maximum absolute atomic E-state index is 11.7. The normalized spacial score (nSPS) is 9.67. The number of rotatable bonds is 4. The van der Waals surface area contributed by atoms with Gasteiger partial charge in [0.15, 0.2) is 0 Å². The van der Waals surface area contributed by atoms with Gasteiger partial charge < -0.3 is 15.3 Å². The minimum atomic E-state index is -1.09. The lowest BCUT2D eigenvalue weighted by Crippen LogP contribution is -2.31. The Hall–Kier alpha value is -1.82. The van der Waals surface area contributed by atoms with E-state index in [1.54, 1.807) is 25.3 Å². The largest absolute Gasteiger partial charge is 0.478 e. The van der Waals surface area contributed by atoms with Gasteiger partial charge in [-0.2, -0.15) is 0 Å². The Morgan fingerprint density at radius 2 is 2.22 bits per heavy atom. The molecule has 2 amide bonds. The molecule has 0 atom stereocenters. The zero-order valence-electron chi connectivity index (χ0n) is 9.81. The van der Waals surface area contributed by atoms with Crippen molar-refractivity contribution in [2.45, 2.75) is 0 Å². The van der Waals surface area contributed by atoms with Crippen molar-refractivity contribution < 1.29 is 14.7 Å². The number of likely N-dealkylation sites (N-methyl/N-ethyl adjacent to an activating group) is 1. The van der Waals surface area contributed by atoms with Gasteiger partial charge in [0.2, 0.25) is 0 Å². The van der Waals surface area contributed by atoms with Crippen LogP contribution < -0.4 is 5.32 Å². The molecule has 1 aromatic carbocycles. The second kappa shape index (κ2) is 6.20. The fraction of sp³-hybridized carbons (Fsp3) is 0.167. The highest BCUT2D eigenvalue weighted by Gasteiger charge is 2.14. The van der Waals surface area contributed by atoms with Gasteiger partial charge in [-0.3, -0.25) is 0 Å². The van der Waals surface area contributed by atoms with Crippen LogP contribution in [0.25, 0.3) is 0 Å². The van der Waals surface area contributed by atoms with Crippen LogP contribution in [-0.4, -0.2) is 35.6 Å². The van der Waals surface area contributed by atoms with Gasteiger partial charge in [0, 0.05) is 18.1 Å². The Kier molecular flexibility index (Phi) is 4.91. The molecular formula is C12H13BrN2O3. The average molecular weight is 313 g/mol. The van der Waals surface area contributed by atoms with E-state index in [9.17, 15) is 9.59 Å². The number of anilines is 1. The van der Waals surface area contributed by atoms with Crippen molar-refractivity contribution in [3.05, 3.63) is 40.9 Å². The lowest BCUT2D eigenvalue weighted by molar-refractivity contribution is 0.0698. The number of urea groups is 1. The van der Waals surface area contributed by atoms with Crippen LogP contribution in [-0.2, 0) is 0 Å². The third-order valence-electron chi connectivity index (χ3n) is 2.20. The molecule has 1 aromatic rings. The van der Waals surface area contributed by atoms with Gasteiger partial charge in [0.1, 0.15) is 0 Å². The summed E-state index contributed by atoms with van der Waals surface area (Å²) in [5.74, 6) is -1.09. The van der Waals surface area contributed by atoms with Crippen molar-refractivity contribution in [3.63, 3.8) is 0 Å². The number of carboxylic acids is 1. The summed E-state index contributed by atoms with van der Waals surface area (Å²) in [4.78, 5) is 24.1. The summed E-state index contributed by atoms with van der Waals surface area (Å²) in [6, 6.07) is 4.18.